The highest BCUT2D eigenvalue weighted by Crippen LogP contribution is 2.37. The number of nitrogens with zero attached hydrogens (tertiary/aromatic N) is 1. The molecule has 2 rings (SSSR count). The molecule has 8 nitrogen and oxygen atoms in total. The Morgan fingerprint density at radius 1 is 0.970 bits per heavy atom. The lowest BCUT2D eigenvalue weighted by molar-refractivity contribution is -0.385. The fourth-order valence-electron chi connectivity index (χ4n) is 2.22. The third-order valence-electron chi connectivity index (χ3n) is 3.65. The highest BCUT2D eigenvalue weighted by atomic mass is 35.5. The summed E-state index contributed by atoms with van der Waals surface area (Å²) in [5.41, 5.74) is -2.51. The lowest BCUT2D eigenvalue weighted by Gasteiger charge is -2.12. The van der Waals surface area contributed by atoms with Crippen molar-refractivity contribution in [2.24, 2.45) is 0 Å². The topological polar surface area (TPSA) is 105 Å². The molecule has 2 aromatic rings. The zero-order chi connectivity index (χ0) is 25.0. The number of nitro groups is 1. The monoisotopic (exact) mass is 501 g/mol. The Labute approximate surface area is 184 Å². The molecule has 0 atom stereocenters. The van der Waals surface area contributed by atoms with Crippen LogP contribution in [0.2, 0.25) is 5.02 Å². The van der Waals surface area contributed by atoms with Gasteiger partial charge in [0.15, 0.2) is 0 Å². The van der Waals surface area contributed by atoms with Gasteiger partial charge in [0, 0.05) is 12.1 Å². The van der Waals surface area contributed by atoms with Crippen LogP contribution in [0, 0.1) is 10.1 Å². The van der Waals surface area contributed by atoms with Crippen molar-refractivity contribution in [1.29, 1.82) is 0 Å². The van der Waals surface area contributed by atoms with Crippen LogP contribution >= 0.6 is 11.6 Å². The summed E-state index contributed by atoms with van der Waals surface area (Å²) in [6, 6.07) is 4.81. The van der Waals surface area contributed by atoms with E-state index >= 15 is 0 Å². The van der Waals surface area contributed by atoms with E-state index in [1.807, 2.05) is 0 Å². The van der Waals surface area contributed by atoms with E-state index in [0.717, 1.165) is 24.3 Å². The molecular formula is C18H10ClF6NO7. The van der Waals surface area contributed by atoms with Crippen molar-refractivity contribution >= 4 is 29.2 Å². The highest BCUT2D eigenvalue weighted by molar-refractivity contribution is 6.32. The predicted molar refractivity (Wildman–Crippen MR) is 96.9 cm³/mol. The van der Waals surface area contributed by atoms with Crippen molar-refractivity contribution in [3.05, 3.63) is 62.7 Å². The van der Waals surface area contributed by atoms with Gasteiger partial charge in [-0.05, 0) is 24.3 Å². The summed E-state index contributed by atoms with van der Waals surface area (Å²) in [4.78, 5) is 32.9. The Bertz CT molecular complexity index is 1070. The van der Waals surface area contributed by atoms with Crippen LogP contribution in [0.1, 0.15) is 15.9 Å². The summed E-state index contributed by atoms with van der Waals surface area (Å²) >= 11 is 5.77. The van der Waals surface area contributed by atoms with Crippen molar-refractivity contribution in [3.63, 3.8) is 0 Å². The van der Waals surface area contributed by atoms with Gasteiger partial charge in [0.2, 0.25) is 0 Å². The minimum absolute atomic E-state index is 0.252. The first-order chi connectivity index (χ1) is 15.2. The maximum atomic E-state index is 12.7. The van der Waals surface area contributed by atoms with Gasteiger partial charge in [-0.15, -0.1) is 0 Å². The second-order valence-electron chi connectivity index (χ2n) is 5.95. The van der Waals surface area contributed by atoms with Gasteiger partial charge in [-0.1, -0.05) is 11.6 Å². The van der Waals surface area contributed by atoms with Crippen molar-refractivity contribution in [2.75, 3.05) is 13.2 Å². The lowest BCUT2D eigenvalue weighted by Crippen LogP contribution is -2.27. The van der Waals surface area contributed by atoms with E-state index in [4.69, 9.17) is 16.3 Å². The molecule has 0 aliphatic rings. The van der Waals surface area contributed by atoms with Gasteiger partial charge in [-0.3, -0.25) is 10.1 Å². The molecule has 0 heterocycles. The summed E-state index contributed by atoms with van der Waals surface area (Å²) in [7, 11) is 0. The molecule has 15 heteroatoms. The molecule has 0 aliphatic carbocycles. The molecule has 0 radical (unpaired) electrons. The number of ether oxygens (including phenoxy) is 3. The minimum atomic E-state index is -5.26. The average Bonchev–Trinajstić information content (AvgIpc) is 2.70. The summed E-state index contributed by atoms with van der Waals surface area (Å²) in [6.07, 6.45) is -9.92. The van der Waals surface area contributed by atoms with E-state index in [-0.39, 0.29) is 11.5 Å². The molecule has 0 amide bonds. The molecule has 33 heavy (non-hydrogen) atoms. The minimum Gasteiger partial charge on any atom is -0.458 e. The number of carbonyl (C=O) groups is 2. The molecule has 0 N–H and O–H groups in total. The third kappa shape index (κ3) is 6.97. The number of nitro benzene ring substituents is 1. The van der Waals surface area contributed by atoms with Gasteiger partial charge in [0.25, 0.3) is 5.69 Å². The van der Waals surface area contributed by atoms with Crippen LogP contribution in [0.25, 0.3) is 0 Å². The van der Waals surface area contributed by atoms with Crippen LogP contribution in [0.15, 0.2) is 36.4 Å². The number of carbonyl (C=O) groups excluding carboxylic acids is 2. The number of alkyl halides is 6. The first kappa shape index (κ1) is 25.7. The lowest BCUT2D eigenvalue weighted by atomic mass is 10.1. The van der Waals surface area contributed by atoms with Gasteiger partial charge < -0.3 is 14.2 Å². The largest absolute Gasteiger partial charge is 0.490 e. The molecular weight excluding hydrogens is 492 g/mol. The number of rotatable bonds is 7. The van der Waals surface area contributed by atoms with E-state index in [1.165, 1.54) is 0 Å². The summed E-state index contributed by atoms with van der Waals surface area (Å²) in [5, 5.41) is 10.7. The van der Waals surface area contributed by atoms with E-state index in [2.05, 4.69) is 9.47 Å². The van der Waals surface area contributed by atoms with Crippen LogP contribution in [0.5, 0.6) is 11.5 Å². The molecule has 2 aromatic carbocycles. The number of hydrogen-bond donors (Lipinski definition) is 0. The fraction of sp³-hybridized carbons (Fsp3) is 0.222. The zero-order valence-electron chi connectivity index (χ0n) is 15.8. The SMILES string of the molecule is O=C(OCCOC(=O)C(F)(F)F)c1cc(Oc2ccc(C(F)(F)F)cc2Cl)ccc1[N+](=O)[O-]. The number of esters is 2. The molecule has 0 bridgehead atoms. The molecule has 0 aliphatic heterocycles. The number of halogens is 7. The van der Waals surface area contributed by atoms with E-state index < -0.39 is 64.3 Å². The van der Waals surface area contributed by atoms with Crippen molar-refractivity contribution in [1.82, 2.24) is 0 Å². The Kier molecular flexibility index (Phi) is 7.74. The summed E-state index contributed by atoms with van der Waals surface area (Å²) in [5.74, 6) is -4.41. The Hall–Kier alpha value is -3.55. The van der Waals surface area contributed by atoms with E-state index in [1.54, 1.807) is 0 Å². The molecule has 0 fully saturated rings. The average molecular weight is 502 g/mol. The quantitative estimate of drug-likeness (QED) is 0.166. The normalized spacial score (nSPS) is 11.6. The van der Waals surface area contributed by atoms with Crippen molar-refractivity contribution in [3.8, 4) is 11.5 Å². The van der Waals surface area contributed by atoms with Crippen LogP contribution < -0.4 is 4.74 Å². The van der Waals surface area contributed by atoms with Crippen LogP contribution in [-0.4, -0.2) is 36.3 Å². The molecule has 178 valence electrons. The van der Waals surface area contributed by atoms with Crippen LogP contribution in [-0.2, 0) is 20.4 Å². The second-order valence-corrected chi connectivity index (χ2v) is 6.36. The van der Waals surface area contributed by atoms with Gasteiger partial charge in [-0.25, -0.2) is 9.59 Å². The standard InChI is InChI=1S/C18H10ClF6NO7/c19-12-7-9(17(20,21)22)1-4-14(12)33-10-2-3-13(26(29)30)11(8-10)15(27)31-5-6-32-16(28)18(23,24)25/h1-4,7-8H,5-6H2. The summed E-state index contributed by atoms with van der Waals surface area (Å²) in [6.45, 7) is -1.83. The molecule has 0 saturated carbocycles. The molecule has 0 saturated heterocycles. The van der Waals surface area contributed by atoms with Gasteiger partial charge >= 0.3 is 24.3 Å². The van der Waals surface area contributed by atoms with Gasteiger partial charge in [-0.2, -0.15) is 26.3 Å². The predicted octanol–water partition coefficient (Wildman–Crippen LogP) is 5.32. The second kappa shape index (κ2) is 9.94. The summed E-state index contributed by atoms with van der Waals surface area (Å²) < 4.78 is 87.9. The first-order valence-corrected chi connectivity index (χ1v) is 8.82. The molecule has 0 spiro atoms. The van der Waals surface area contributed by atoms with Crippen LogP contribution in [0.3, 0.4) is 0 Å². The maximum Gasteiger partial charge on any atom is 0.490 e. The van der Waals surface area contributed by atoms with E-state index in [0.29, 0.717) is 12.1 Å². The van der Waals surface area contributed by atoms with Gasteiger partial charge in [0.05, 0.1) is 15.5 Å². The Balaban J connectivity index is 2.17. The molecule has 0 aromatic heterocycles. The Morgan fingerprint density at radius 2 is 1.61 bits per heavy atom. The smallest absolute Gasteiger partial charge is 0.458 e. The van der Waals surface area contributed by atoms with Crippen molar-refractivity contribution < 1.29 is 55.1 Å². The number of benzene rings is 2. The van der Waals surface area contributed by atoms with Gasteiger partial charge in [0.1, 0.15) is 30.3 Å². The van der Waals surface area contributed by atoms with Crippen molar-refractivity contribution in [2.45, 2.75) is 12.4 Å². The fourth-order valence-corrected chi connectivity index (χ4v) is 2.44. The zero-order valence-corrected chi connectivity index (χ0v) is 16.6. The maximum absolute atomic E-state index is 12.7. The first-order valence-electron chi connectivity index (χ1n) is 8.44. The third-order valence-corrected chi connectivity index (χ3v) is 3.95. The molecule has 0 unspecified atom stereocenters. The Morgan fingerprint density at radius 3 is 2.15 bits per heavy atom. The highest BCUT2D eigenvalue weighted by Gasteiger charge is 2.40. The van der Waals surface area contributed by atoms with Crippen LogP contribution in [0.4, 0.5) is 32.0 Å². The van der Waals surface area contributed by atoms with E-state index in [9.17, 15) is 46.0 Å². The number of hydrogen-bond acceptors (Lipinski definition) is 7.